The van der Waals surface area contributed by atoms with E-state index in [-0.39, 0.29) is 16.3 Å². The van der Waals surface area contributed by atoms with Gasteiger partial charge < -0.3 is 14.0 Å². The molecule has 0 amide bonds. The summed E-state index contributed by atoms with van der Waals surface area (Å²) in [5.41, 5.74) is -6.95. The third-order valence-corrected chi connectivity index (χ3v) is 4.97. The molecule has 0 heterocycles. The van der Waals surface area contributed by atoms with Gasteiger partial charge in [-0.15, -0.1) is 0 Å². The second-order valence-electron chi connectivity index (χ2n) is 6.74. The summed E-state index contributed by atoms with van der Waals surface area (Å²) in [5, 5.41) is -0.154. The van der Waals surface area contributed by atoms with Gasteiger partial charge in [0.05, 0.1) is 15.9 Å². The number of carbonyl (C=O) groups excluding carboxylic acids is 2. The fraction of sp³-hybridized carbons (Fsp3) is 0.263. The predicted molar refractivity (Wildman–Crippen MR) is 99.2 cm³/mol. The van der Waals surface area contributed by atoms with Crippen LogP contribution in [0, 0.1) is 0 Å². The molecule has 0 saturated carbocycles. The van der Waals surface area contributed by atoms with Gasteiger partial charge in [0, 0.05) is 5.57 Å². The van der Waals surface area contributed by atoms with Gasteiger partial charge in [0.15, 0.2) is 0 Å². The largest absolute Gasteiger partial charge is 0.748 e. The second kappa shape index (κ2) is 8.67. The molecule has 14 heteroatoms. The molecule has 0 spiro atoms. The third kappa shape index (κ3) is 5.45. The summed E-state index contributed by atoms with van der Waals surface area (Å²) in [6, 6.07) is 7.29. The fourth-order valence-electron chi connectivity index (χ4n) is 2.66. The molecule has 2 aromatic rings. The van der Waals surface area contributed by atoms with Crippen LogP contribution < -0.4 is 4.74 Å². The number of hydrogen-bond donors (Lipinski definition) is 0. The van der Waals surface area contributed by atoms with E-state index in [4.69, 9.17) is 4.74 Å². The lowest BCUT2D eigenvalue weighted by Crippen LogP contribution is -2.63. The Balaban J connectivity index is 2.77. The van der Waals surface area contributed by atoms with Crippen LogP contribution >= 0.6 is 0 Å². The van der Waals surface area contributed by atoms with E-state index in [9.17, 15) is 48.9 Å². The minimum Gasteiger partial charge on any atom is -0.748 e. The van der Waals surface area contributed by atoms with E-state index in [2.05, 4.69) is 11.3 Å². The summed E-state index contributed by atoms with van der Waals surface area (Å²) in [6.07, 6.45) is -13.1. The van der Waals surface area contributed by atoms with Crippen molar-refractivity contribution >= 4 is 32.8 Å². The predicted octanol–water partition coefficient (Wildman–Crippen LogP) is 3.89. The molecule has 0 aliphatic carbocycles. The molecule has 0 fully saturated rings. The summed E-state index contributed by atoms with van der Waals surface area (Å²) < 4.78 is 122. The molecule has 0 aliphatic rings. The van der Waals surface area contributed by atoms with Gasteiger partial charge in [0.1, 0.15) is 11.3 Å². The van der Waals surface area contributed by atoms with Crippen molar-refractivity contribution in [1.29, 1.82) is 0 Å². The Kier molecular flexibility index (Phi) is 6.86. The quantitative estimate of drug-likeness (QED) is 0.195. The Bertz CT molecular complexity index is 1200. The zero-order chi connectivity index (χ0) is 25.4. The summed E-state index contributed by atoms with van der Waals surface area (Å²) in [5.74, 6) is -7.45. The minimum absolute atomic E-state index is 0.126. The smallest absolute Gasteiger partial charge is 0.438 e. The Morgan fingerprint density at radius 3 is 2.03 bits per heavy atom. The van der Waals surface area contributed by atoms with Gasteiger partial charge >= 0.3 is 29.9 Å². The maximum absolute atomic E-state index is 13.5. The van der Waals surface area contributed by atoms with Crippen molar-refractivity contribution in [3.63, 3.8) is 0 Å². The number of benzene rings is 2. The van der Waals surface area contributed by atoms with E-state index < -0.39 is 57.1 Å². The van der Waals surface area contributed by atoms with Crippen LogP contribution in [0.5, 0.6) is 5.75 Å². The van der Waals surface area contributed by atoms with Gasteiger partial charge in [-0.05, 0) is 23.8 Å². The first-order valence-electron chi connectivity index (χ1n) is 8.59. The van der Waals surface area contributed by atoms with E-state index in [1.54, 1.807) is 0 Å². The summed E-state index contributed by atoms with van der Waals surface area (Å²) >= 11 is 0. The monoisotopic (exact) mass is 499 g/mol. The molecule has 0 N–H and O–H groups in total. The van der Waals surface area contributed by atoms with E-state index in [1.807, 2.05) is 0 Å². The number of alkyl halides is 6. The molecule has 2 aromatic carbocycles. The molecule has 33 heavy (non-hydrogen) atoms. The van der Waals surface area contributed by atoms with E-state index in [0.29, 0.717) is 0 Å². The average molecular weight is 499 g/mol. The van der Waals surface area contributed by atoms with Crippen molar-refractivity contribution in [2.45, 2.75) is 24.9 Å². The maximum Gasteiger partial charge on any atom is 0.438 e. The molecule has 2 rings (SSSR count). The van der Waals surface area contributed by atoms with Crippen LogP contribution in [0.4, 0.5) is 26.3 Å². The third-order valence-electron chi connectivity index (χ3n) is 4.21. The standard InChI is InChI=1S/C19H14F6O7S/c1-10(2)15(26)31-13-8-7-11-5-3-4-6-12(11)14(13)16(27)32-17(18(20,21)22,19(23,24)25)9-33(28,29)30/h3-8H,1,9H2,2H3,(H,28,29,30)/p-1. The molecular formula is C19H13F6O7S-. The van der Waals surface area contributed by atoms with Gasteiger partial charge in [-0.2, -0.15) is 26.3 Å². The zero-order valence-electron chi connectivity index (χ0n) is 16.4. The second-order valence-corrected chi connectivity index (χ2v) is 8.15. The van der Waals surface area contributed by atoms with Gasteiger partial charge in [-0.1, -0.05) is 36.9 Å². The number of fused-ring (bicyclic) bond motifs is 1. The fourth-order valence-corrected chi connectivity index (χ4v) is 3.55. The van der Waals surface area contributed by atoms with Crippen molar-refractivity contribution in [1.82, 2.24) is 0 Å². The number of hydrogen-bond acceptors (Lipinski definition) is 7. The first-order chi connectivity index (χ1) is 14.9. The number of rotatable bonds is 6. The van der Waals surface area contributed by atoms with Crippen LogP contribution in [0.15, 0.2) is 48.6 Å². The highest BCUT2D eigenvalue weighted by molar-refractivity contribution is 7.85. The van der Waals surface area contributed by atoms with Crippen LogP contribution in [0.2, 0.25) is 0 Å². The highest BCUT2D eigenvalue weighted by atomic mass is 32.2. The highest BCUT2D eigenvalue weighted by Gasteiger charge is 2.75. The van der Waals surface area contributed by atoms with Crippen LogP contribution in [-0.4, -0.2) is 48.6 Å². The Morgan fingerprint density at radius 1 is 1.00 bits per heavy atom. The van der Waals surface area contributed by atoms with E-state index >= 15 is 0 Å². The van der Waals surface area contributed by atoms with Gasteiger partial charge in [0.2, 0.25) is 0 Å². The zero-order valence-corrected chi connectivity index (χ0v) is 17.2. The van der Waals surface area contributed by atoms with Gasteiger partial charge in [-0.3, -0.25) is 0 Å². The normalized spacial score (nSPS) is 13.0. The molecule has 7 nitrogen and oxygen atoms in total. The lowest BCUT2D eigenvalue weighted by atomic mass is 10.0. The van der Waals surface area contributed by atoms with Crippen molar-refractivity contribution in [2.24, 2.45) is 0 Å². The van der Waals surface area contributed by atoms with Crippen molar-refractivity contribution < 1.29 is 58.4 Å². The summed E-state index contributed by atoms with van der Waals surface area (Å²) in [4.78, 5) is 24.6. The minimum atomic E-state index is -6.56. The van der Waals surface area contributed by atoms with Crippen LogP contribution in [0.3, 0.4) is 0 Å². The number of halogens is 6. The number of ether oxygens (including phenoxy) is 2. The SMILES string of the molecule is C=C(C)C(=O)Oc1ccc2ccccc2c1C(=O)OC(CS(=O)(=O)[O-])(C(F)(F)F)C(F)(F)F. The molecule has 0 aromatic heterocycles. The van der Waals surface area contributed by atoms with E-state index in [0.717, 1.165) is 12.1 Å². The molecule has 0 saturated heterocycles. The molecule has 0 atom stereocenters. The molecule has 0 aliphatic heterocycles. The highest BCUT2D eigenvalue weighted by Crippen LogP contribution is 2.47. The van der Waals surface area contributed by atoms with Crippen LogP contribution in [0.1, 0.15) is 17.3 Å². The van der Waals surface area contributed by atoms with Gasteiger partial charge in [-0.25, -0.2) is 18.0 Å². The summed E-state index contributed by atoms with van der Waals surface area (Å²) in [6.45, 7) is 4.44. The lowest BCUT2D eigenvalue weighted by Gasteiger charge is -2.37. The number of carbonyl (C=O) groups is 2. The summed E-state index contributed by atoms with van der Waals surface area (Å²) in [7, 11) is -6.22. The Labute approximate surface area is 182 Å². The molecular weight excluding hydrogens is 486 g/mol. The molecule has 0 radical (unpaired) electrons. The topological polar surface area (TPSA) is 110 Å². The Morgan fingerprint density at radius 2 is 1.55 bits per heavy atom. The first-order valence-corrected chi connectivity index (χ1v) is 10.2. The lowest BCUT2D eigenvalue weighted by molar-refractivity contribution is -0.356. The van der Waals surface area contributed by atoms with Crippen molar-refractivity contribution in [3.8, 4) is 5.75 Å². The Hall–Kier alpha value is -3.13. The van der Waals surface area contributed by atoms with Crippen molar-refractivity contribution in [2.75, 3.05) is 5.75 Å². The number of esters is 2. The average Bonchev–Trinajstić information content (AvgIpc) is 2.64. The van der Waals surface area contributed by atoms with Crippen LogP contribution in [-0.2, 0) is 19.6 Å². The van der Waals surface area contributed by atoms with Gasteiger partial charge in [0.25, 0.3) is 0 Å². The van der Waals surface area contributed by atoms with E-state index in [1.165, 1.54) is 31.2 Å². The van der Waals surface area contributed by atoms with Crippen LogP contribution in [0.25, 0.3) is 10.8 Å². The molecule has 180 valence electrons. The first kappa shape index (κ1) is 26.1. The molecule has 0 unspecified atom stereocenters. The maximum atomic E-state index is 13.5. The van der Waals surface area contributed by atoms with Crippen molar-refractivity contribution in [3.05, 3.63) is 54.1 Å². The molecule has 0 bridgehead atoms.